The molecule has 1 aromatic rings. The van der Waals surface area contributed by atoms with Gasteiger partial charge in [0.15, 0.2) is 11.6 Å². The molecule has 2 saturated heterocycles. The fourth-order valence-electron chi connectivity index (χ4n) is 3.57. The van der Waals surface area contributed by atoms with Gasteiger partial charge in [-0.25, -0.2) is 8.78 Å². The maximum Gasteiger partial charge on any atom is 0.163 e. The van der Waals surface area contributed by atoms with Crippen molar-refractivity contribution in [3.63, 3.8) is 0 Å². The number of nitrogens with zero attached hydrogens (tertiary/aromatic N) is 1. The van der Waals surface area contributed by atoms with Crippen LogP contribution in [0.2, 0.25) is 0 Å². The summed E-state index contributed by atoms with van der Waals surface area (Å²) in [5.41, 5.74) is 0.478. The van der Waals surface area contributed by atoms with Crippen molar-refractivity contribution in [1.82, 2.24) is 10.2 Å². The molecule has 0 radical (unpaired) electrons. The number of nitrogens with one attached hydrogen (secondary N) is 1. The first-order valence-electron chi connectivity index (χ1n) is 7.60. The van der Waals surface area contributed by atoms with Gasteiger partial charge in [0.1, 0.15) is 0 Å². The van der Waals surface area contributed by atoms with Gasteiger partial charge in [-0.05, 0) is 63.3 Å². The molecule has 0 aliphatic carbocycles. The molecule has 2 heterocycles. The summed E-state index contributed by atoms with van der Waals surface area (Å²) >= 11 is 0. The highest BCUT2D eigenvalue weighted by atomic mass is 19.2. The van der Waals surface area contributed by atoms with E-state index >= 15 is 0 Å². The lowest BCUT2D eigenvalue weighted by Gasteiger charge is -2.34. The molecular weight excluding hydrogens is 258 g/mol. The molecule has 1 N–H and O–H groups in total. The third-order valence-electron chi connectivity index (χ3n) is 4.82. The van der Waals surface area contributed by atoms with E-state index in [0.29, 0.717) is 12.1 Å². The minimum absolute atomic E-state index is 0.478. The van der Waals surface area contributed by atoms with Crippen LogP contribution >= 0.6 is 0 Å². The van der Waals surface area contributed by atoms with Crippen LogP contribution in [-0.4, -0.2) is 31.1 Å². The summed E-state index contributed by atoms with van der Waals surface area (Å²) in [5, 5.41) is 3.43. The molecule has 0 unspecified atom stereocenters. The van der Waals surface area contributed by atoms with E-state index in [4.69, 9.17) is 0 Å². The van der Waals surface area contributed by atoms with Gasteiger partial charge in [0.05, 0.1) is 0 Å². The molecule has 0 amide bonds. The van der Waals surface area contributed by atoms with E-state index in [2.05, 4.69) is 10.2 Å². The molecule has 0 bridgehead atoms. The monoisotopic (exact) mass is 280 g/mol. The van der Waals surface area contributed by atoms with Crippen LogP contribution in [0, 0.1) is 23.5 Å². The number of piperidine rings is 1. The van der Waals surface area contributed by atoms with Gasteiger partial charge in [0.2, 0.25) is 0 Å². The number of halogens is 2. The summed E-state index contributed by atoms with van der Waals surface area (Å²) in [5.74, 6) is 0.200. The Balaban J connectivity index is 1.54. The van der Waals surface area contributed by atoms with Crippen molar-refractivity contribution < 1.29 is 8.78 Å². The van der Waals surface area contributed by atoms with E-state index < -0.39 is 11.6 Å². The molecule has 1 aromatic carbocycles. The Kier molecular flexibility index (Phi) is 4.32. The highest BCUT2D eigenvalue weighted by molar-refractivity contribution is 5.18. The van der Waals surface area contributed by atoms with Gasteiger partial charge in [-0.1, -0.05) is 12.1 Å². The normalized spacial score (nSPS) is 25.2. The first-order chi connectivity index (χ1) is 9.74. The molecule has 3 rings (SSSR count). The number of likely N-dealkylation sites (tertiary alicyclic amines) is 1. The van der Waals surface area contributed by atoms with Crippen LogP contribution in [0.1, 0.15) is 24.8 Å². The molecule has 2 nitrogen and oxygen atoms in total. The van der Waals surface area contributed by atoms with E-state index in [-0.39, 0.29) is 0 Å². The van der Waals surface area contributed by atoms with Gasteiger partial charge < -0.3 is 5.32 Å². The van der Waals surface area contributed by atoms with E-state index in [1.54, 1.807) is 12.1 Å². The molecular formula is C16H22F2N2. The highest BCUT2D eigenvalue weighted by Crippen LogP contribution is 2.29. The molecule has 20 heavy (non-hydrogen) atoms. The van der Waals surface area contributed by atoms with Crippen molar-refractivity contribution in [1.29, 1.82) is 0 Å². The van der Waals surface area contributed by atoms with Gasteiger partial charge in [-0.2, -0.15) is 0 Å². The number of benzene rings is 1. The number of hydrogen-bond donors (Lipinski definition) is 1. The second-order valence-electron chi connectivity index (χ2n) is 6.08. The van der Waals surface area contributed by atoms with E-state index in [1.807, 2.05) is 0 Å². The highest BCUT2D eigenvalue weighted by Gasteiger charge is 2.28. The topological polar surface area (TPSA) is 15.3 Å². The molecule has 2 aliphatic rings. The minimum atomic E-state index is -0.741. The Morgan fingerprint density at radius 1 is 1.10 bits per heavy atom. The van der Waals surface area contributed by atoms with Gasteiger partial charge in [0, 0.05) is 12.1 Å². The third-order valence-corrected chi connectivity index (χ3v) is 4.82. The zero-order valence-electron chi connectivity index (χ0n) is 11.7. The van der Waals surface area contributed by atoms with Crippen molar-refractivity contribution in [3.05, 3.63) is 35.4 Å². The standard InChI is InChI=1S/C16H22F2N2/c17-15-3-1-2-14(16(15)18)11-20-8-5-12(6-9-20)13-4-7-19-10-13/h1-3,12-13,19H,4-11H2/t13-/m0/s1. The average molecular weight is 280 g/mol. The van der Waals surface area contributed by atoms with Crippen molar-refractivity contribution in [3.8, 4) is 0 Å². The second kappa shape index (κ2) is 6.19. The molecule has 2 fully saturated rings. The van der Waals surface area contributed by atoms with Crippen molar-refractivity contribution >= 4 is 0 Å². The Hall–Kier alpha value is -1.00. The van der Waals surface area contributed by atoms with Gasteiger partial charge in [-0.3, -0.25) is 4.90 Å². The lowest BCUT2D eigenvalue weighted by Crippen LogP contribution is -2.36. The van der Waals surface area contributed by atoms with Crippen LogP contribution in [0.4, 0.5) is 8.78 Å². The second-order valence-corrected chi connectivity index (χ2v) is 6.08. The van der Waals surface area contributed by atoms with Crippen LogP contribution < -0.4 is 5.32 Å². The summed E-state index contributed by atoms with van der Waals surface area (Å²) in [6.07, 6.45) is 3.66. The molecule has 110 valence electrons. The van der Waals surface area contributed by atoms with Crippen LogP contribution in [0.25, 0.3) is 0 Å². The summed E-state index contributed by atoms with van der Waals surface area (Å²) in [6.45, 7) is 4.83. The average Bonchev–Trinajstić information content (AvgIpc) is 2.99. The Bertz CT molecular complexity index is 450. The molecule has 0 spiro atoms. The van der Waals surface area contributed by atoms with Gasteiger partial charge >= 0.3 is 0 Å². The van der Waals surface area contributed by atoms with Crippen LogP contribution in [-0.2, 0) is 6.54 Å². The Morgan fingerprint density at radius 3 is 2.60 bits per heavy atom. The fraction of sp³-hybridized carbons (Fsp3) is 0.625. The molecule has 0 aromatic heterocycles. The van der Waals surface area contributed by atoms with E-state index in [9.17, 15) is 8.78 Å². The van der Waals surface area contributed by atoms with Gasteiger partial charge in [-0.15, -0.1) is 0 Å². The predicted molar refractivity (Wildman–Crippen MR) is 75.3 cm³/mol. The SMILES string of the molecule is Fc1cccc(CN2CCC([C@H]3CCNC3)CC2)c1F. The lowest BCUT2D eigenvalue weighted by atomic mass is 9.84. The summed E-state index contributed by atoms with van der Waals surface area (Å²) < 4.78 is 26.9. The molecule has 0 saturated carbocycles. The molecule has 4 heteroatoms. The zero-order valence-corrected chi connectivity index (χ0v) is 11.7. The number of rotatable bonds is 3. The zero-order chi connectivity index (χ0) is 13.9. The van der Waals surface area contributed by atoms with Crippen molar-refractivity contribution in [2.75, 3.05) is 26.2 Å². The number of hydrogen-bond acceptors (Lipinski definition) is 2. The predicted octanol–water partition coefficient (Wildman–Crippen LogP) is 2.79. The van der Waals surface area contributed by atoms with Crippen molar-refractivity contribution in [2.45, 2.75) is 25.8 Å². The largest absolute Gasteiger partial charge is 0.316 e. The smallest absolute Gasteiger partial charge is 0.163 e. The molecule has 1 atom stereocenters. The third kappa shape index (κ3) is 3.01. The van der Waals surface area contributed by atoms with E-state index in [0.717, 1.165) is 38.0 Å². The van der Waals surface area contributed by atoms with Crippen molar-refractivity contribution in [2.24, 2.45) is 11.8 Å². The summed E-state index contributed by atoms with van der Waals surface area (Å²) in [6, 6.07) is 4.45. The lowest BCUT2D eigenvalue weighted by molar-refractivity contribution is 0.145. The Morgan fingerprint density at radius 2 is 1.90 bits per heavy atom. The minimum Gasteiger partial charge on any atom is -0.316 e. The van der Waals surface area contributed by atoms with E-state index in [1.165, 1.54) is 25.3 Å². The van der Waals surface area contributed by atoms with Crippen LogP contribution in [0.3, 0.4) is 0 Å². The fourth-order valence-corrected chi connectivity index (χ4v) is 3.57. The first kappa shape index (κ1) is 14.0. The first-order valence-corrected chi connectivity index (χ1v) is 7.60. The quantitative estimate of drug-likeness (QED) is 0.916. The summed E-state index contributed by atoms with van der Waals surface area (Å²) in [7, 11) is 0. The summed E-state index contributed by atoms with van der Waals surface area (Å²) in [4.78, 5) is 2.25. The van der Waals surface area contributed by atoms with Gasteiger partial charge in [0.25, 0.3) is 0 Å². The molecule has 2 aliphatic heterocycles. The Labute approximate surface area is 119 Å². The maximum atomic E-state index is 13.7. The van der Waals surface area contributed by atoms with Crippen LogP contribution in [0.5, 0.6) is 0 Å². The van der Waals surface area contributed by atoms with Crippen LogP contribution in [0.15, 0.2) is 18.2 Å². The maximum absolute atomic E-state index is 13.7.